The highest BCUT2D eigenvalue weighted by Crippen LogP contribution is 2.34. The van der Waals surface area contributed by atoms with Gasteiger partial charge in [-0.25, -0.2) is 14.2 Å². The molecule has 0 atom stereocenters. The summed E-state index contributed by atoms with van der Waals surface area (Å²) in [6.07, 6.45) is 1.44. The molecule has 0 bridgehead atoms. The van der Waals surface area contributed by atoms with Gasteiger partial charge in [0.2, 0.25) is 5.88 Å². The Morgan fingerprint density at radius 1 is 0.909 bits per heavy atom. The number of amides is 1. The number of aromatic nitrogens is 1. The number of hydrogen-bond donors (Lipinski definition) is 1. The van der Waals surface area contributed by atoms with Crippen LogP contribution in [0.3, 0.4) is 0 Å². The Hall–Kier alpha value is -4.43. The van der Waals surface area contributed by atoms with Crippen LogP contribution in [0.25, 0.3) is 11.1 Å². The molecule has 2 aliphatic heterocycles. The molecular formula is C36H39FN4O3. The first-order valence-corrected chi connectivity index (χ1v) is 15.4. The molecular weight excluding hydrogens is 555 g/mol. The summed E-state index contributed by atoms with van der Waals surface area (Å²) in [5.74, 6) is 0.767. The van der Waals surface area contributed by atoms with Crippen LogP contribution in [0.4, 0.5) is 14.9 Å². The minimum atomic E-state index is -0.357. The van der Waals surface area contributed by atoms with Gasteiger partial charge < -0.3 is 24.6 Å². The van der Waals surface area contributed by atoms with Gasteiger partial charge in [-0.3, -0.25) is 0 Å². The van der Waals surface area contributed by atoms with Crippen LogP contribution in [-0.2, 0) is 18.0 Å². The van der Waals surface area contributed by atoms with Crippen LogP contribution in [0.1, 0.15) is 29.7 Å². The molecule has 0 radical (unpaired) electrons. The molecule has 1 aromatic heterocycles. The maximum atomic E-state index is 15.4. The average Bonchev–Trinajstić information content (AvgIpc) is 3.03. The van der Waals surface area contributed by atoms with Crippen molar-refractivity contribution in [2.24, 2.45) is 5.92 Å². The lowest BCUT2D eigenvalue weighted by atomic mass is 9.96. The number of hydrogen-bond acceptors (Lipinski definition) is 6. The maximum absolute atomic E-state index is 15.4. The predicted octanol–water partition coefficient (Wildman–Crippen LogP) is 6.60. The molecule has 44 heavy (non-hydrogen) atoms. The summed E-state index contributed by atoms with van der Waals surface area (Å²) in [6.45, 7) is 7.11. The van der Waals surface area contributed by atoms with Gasteiger partial charge in [0.1, 0.15) is 19.0 Å². The Kier molecular flexibility index (Phi) is 9.37. The normalized spacial score (nSPS) is 15.9. The number of nitrogens with one attached hydrogen (secondary N) is 1. The summed E-state index contributed by atoms with van der Waals surface area (Å²) in [5.41, 5.74) is 5.04. The Bertz CT molecular complexity index is 1540. The predicted molar refractivity (Wildman–Crippen MR) is 170 cm³/mol. The number of piperidine rings is 1. The van der Waals surface area contributed by atoms with Gasteiger partial charge in [0.15, 0.2) is 0 Å². The molecule has 7 nitrogen and oxygen atoms in total. The molecule has 1 N–H and O–H groups in total. The van der Waals surface area contributed by atoms with Crippen molar-refractivity contribution in [2.75, 3.05) is 37.6 Å². The molecule has 8 heteroatoms. The zero-order chi connectivity index (χ0) is 30.3. The van der Waals surface area contributed by atoms with Gasteiger partial charge in [0, 0.05) is 55.9 Å². The number of carbonyl (C=O) groups excluding carboxylic acids is 1. The Morgan fingerprint density at radius 3 is 2.27 bits per heavy atom. The van der Waals surface area contributed by atoms with E-state index in [9.17, 15) is 4.79 Å². The van der Waals surface area contributed by atoms with Crippen molar-refractivity contribution >= 4 is 11.8 Å². The first-order chi connectivity index (χ1) is 21.5. The first kappa shape index (κ1) is 29.6. The lowest BCUT2D eigenvalue weighted by Gasteiger charge is -2.44. The zero-order valence-electron chi connectivity index (χ0n) is 25.1. The van der Waals surface area contributed by atoms with E-state index < -0.39 is 0 Å². The maximum Gasteiger partial charge on any atom is 0.407 e. The molecule has 6 rings (SSSR count). The fraction of sp³-hybridized carbons (Fsp3) is 0.333. The second-order valence-electron chi connectivity index (χ2n) is 11.8. The van der Waals surface area contributed by atoms with Crippen LogP contribution in [0, 0.1) is 18.7 Å². The van der Waals surface area contributed by atoms with Crippen LogP contribution in [0.15, 0.2) is 91.0 Å². The van der Waals surface area contributed by atoms with Gasteiger partial charge in [0.25, 0.3) is 0 Å². The number of rotatable bonds is 10. The van der Waals surface area contributed by atoms with Crippen molar-refractivity contribution in [3.63, 3.8) is 0 Å². The van der Waals surface area contributed by atoms with Crippen molar-refractivity contribution in [3.05, 3.63) is 114 Å². The quantitative estimate of drug-likeness (QED) is 0.223. The number of carbonyl (C=O) groups is 1. The van der Waals surface area contributed by atoms with Gasteiger partial charge >= 0.3 is 6.09 Å². The summed E-state index contributed by atoms with van der Waals surface area (Å²) in [5, 5.41) is 3.01. The van der Waals surface area contributed by atoms with Gasteiger partial charge in [-0.2, -0.15) is 0 Å². The summed E-state index contributed by atoms with van der Waals surface area (Å²) in [4.78, 5) is 21.4. The van der Waals surface area contributed by atoms with Crippen LogP contribution in [0.2, 0.25) is 0 Å². The molecule has 3 aromatic carbocycles. The second-order valence-corrected chi connectivity index (χ2v) is 11.8. The molecule has 228 valence electrons. The SMILES string of the molecule is Cc1ccc(-c2ccc(N3CC(CN4CCC(NC(=O)OCc5ccccc5)CC4)C3)c(F)c2)c(OCc2ccccc2)n1. The number of nitrogens with zero attached hydrogens (tertiary/aromatic N) is 3. The molecule has 4 aromatic rings. The zero-order valence-corrected chi connectivity index (χ0v) is 25.1. The lowest BCUT2D eigenvalue weighted by Crippen LogP contribution is -2.54. The number of anilines is 1. The van der Waals surface area contributed by atoms with Gasteiger partial charge in [-0.15, -0.1) is 0 Å². The first-order valence-electron chi connectivity index (χ1n) is 15.4. The van der Waals surface area contributed by atoms with Gasteiger partial charge in [-0.05, 0) is 60.7 Å². The molecule has 3 heterocycles. The highest BCUT2D eigenvalue weighted by Gasteiger charge is 2.32. The third-order valence-electron chi connectivity index (χ3n) is 8.41. The number of alkyl carbamates (subject to hydrolysis) is 1. The Labute approximate surface area is 258 Å². The second kappa shape index (κ2) is 13.9. The third-order valence-corrected chi connectivity index (χ3v) is 8.41. The number of likely N-dealkylation sites (tertiary alicyclic amines) is 1. The number of ether oxygens (including phenoxy) is 2. The van der Waals surface area contributed by atoms with E-state index in [0.29, 0.717) is 24.1 Å². The van der Waals surface area contributed by atoms with E-state index >= 15 is 4.39 Å². The topological polar surface area (TPSA) is 66.9 Å². The molecule has 2 aliphatic rings. The van der Waals surface area contributed by atoms with E-state index in [0.717, 1.165) is 73.5 Å². The minimum Gasteiger partial charge on any atom is -0.472 e. The summed E-state index contributed by atoms with van der Waals surface area (Å²) in [6, 6.07) is 29.1. The largest absolute Gasteiger partial charge is 0.472 e. The molecule has 0 unspecified atom stereocenters. The monoisotopic (exact) mass is 594 g/mol. The fourth-order valence-electron chi connectivity index (χ4n) is 5.96. The number of benzene rings is 3. The lowest BCUT2D eigenvalue weighted by molar-refractivity contribution is 0.122. The third kappa shape index (κ3) is 7.55. The fourth-order valence-corrected chi connectivity index (χ4v) is 5.96. The highest BCUT2D eigenvalue weighted by molar-refractivity contribution is 5.71. The average molecular weight is 595 g/mol. The van der Waals surface area contributed by atoms with Crippen LogP contribution >= 0.6 is 0 Å². The summed E-state index contributed by atoms with van der Waals surface area (Å²) < 4.78 is 26.8. The summed E-state index contributed by atoms with van der Waals surface area (Å²) >= 11 is 0. The number of aryl methyl sites for hydroxylation is 1. The molecule has 1 amide bonds. The summed E-state index contributed by atoms with van der Waals surface area (Å²) in [7, 11) is 0. The number of pyridine rings is 1. The van der Waals surface area contributed by atoms with Crippen LogP contribution in [0.5, 0.6) is 5.88 Å². The molecule has 0 saturated carbocycles. The minimum absolute atomic E-state index is 0.132. The van der Waals surface area contributed by atoms with E-state index in [2.05, 4.69) is 20.1 Å². The van der Waals surface area contributed by atoms with Crippen LogP contribution in [-0.4, -0.2) is 54.7 Å². The van der Waals surface area contributed by atoms with Crippen molar-refractivity contribution in [2.45, 2.75) is 39.0 Å². The van der Waals surface area contributed by atoms with E-state index in [4.69, 9.17) is 9.47 Å². The smallest absolute Gasteiger partial charge is 0.407 e. The van der Waals surface area contributed by atoms with Crippen molar-refractivity contribution in [1.29, 1.82) is 0 Å². The Morgan fingerprint density at radius 2 is 1.59 bits per heavy atom. The van der Waals surface area contributed by atoms with Crippen LogP contribution < -0.4 is 15.0 Å². The number of halogens is 1. The molecule has 0 aliphatic carbocycles. The van der Waals surface area contributed by atoms with Crippen molar-refractivity contribution in [1.82, 2.24) is 15.2 Å². The molecule has 2 fully saturated rings. The molecule has 2 saturated heterocycles. The highest BCUT2D eigenvalue weighted by atomic mass is 19.1. The van der Waals surface area contributed by atoms with Crippen molar-refractivity contribution in [3.8, 4) is 17.0 Å². The van der Waals surface area contributed by atoms with E-state index in [1.165, 1.54) is 0 Å². The van der Waals surface area contributed by atoms with E-state index in [1.807, 2.05) is 91.9 Å². The van der Waals surface area contributed by atoms with Gasteiger partial charge in [0.05, 0.1) is 5.69 Å². The Balaban J connectivity index is 0.961. The van der Waals surface area contributed by atoms with Crippen molar-refractivity contribution < 1.29 is 18.7 Å². The van der Waals surface area contributed by atoms with Gasteiger partial charge in [-0.1, -0.05) is 66.7 Å². The molecule has 0 spiro atoms. The van der Waals surface area contributed by atoms with E-state index in [-0.39, 0.29) is 24.6 Å². The standard InChI is InChI=1S/C36H39FN4O3/c1-26-12-14-32(35(38-26)43-24-27-8-4-2-5-9-27)30-13-15-34(33(37)20-30)41-22-29(23-41)21-40-18-16-31(17-19-40)39-36(42)44-25-28-10-6-3-7-11-28/h2-15,20,29,31H,16-19,21-25H2,1H3,(H,39,42). The van der Waals surface area contributed by atoms with E-state index in [1.54, 1.807) is 6.07 Å².